The number of hydrogen-bond acceptors (Lipinski definition) is 11. The number of phosphoric acid groups is 3. The Morgan fingerprint density at radius 1 is 1.10 bits per heavy atom. The fourth-order valence-electron chi connectivity index (χ4n) is 2.42. The van der Waals surface area contributed by atoms with Crippen LogP contribution in [0, 0.1) is 0 Å². The first-order chi connectivity index (χ1) is 13.1. The van der Waals surface area contributed by atoms with Gasteiger partial charge in [0.05, 0.1) is 6.61 Å². The maximum Gasteiger partial charge on any atom is 0.490 e. The Kier molecular flexibility index (Phi) is 7.75. The van der Waals surface area contributed by atoms with Crippen LogP contribution in [-0.4, -0.2) is 83.4 Å². The molecule has 0 radical (unpaired) electrons. The number of carbonyl (C=O) groups is 1. The molecule has 168 valence electrons. The molecule has 2 aliphatic heterocycles. The quantitative estimate of drug-likeness (QED) is 0.139. The number of aliphatic hydroxyl groups is 2. The summed E-state index contributed by atoms with van der Waals surface area (Å²) in [6.07, 6.45) is -5.90. The number of thiocarbonyl (C=S) groups is 1. The standard InChI is InChI=1S/C9H17N2O14P3S/c12-5-1-2-11(9(29)10-5)8-7(14)6(13)4(23-8)3-22-27(18,19)25-28(20,21)24-26(15,16)17/h4,6-8,13-14H,1-3H2,(H,18,19)(H,20,21)(H,10,12,29)(H2,15,16,17)/t4-,6-,7-,8-/m1/s1. The van der Waals surface area contributed by atoms with Gasteiger partial charge in [-0.25, -0.2) is 13.7 Å². The summed E-state index contributed by atoms with van der Waals surface area (Å²) >= 11 is 4.95. The largest absolute Gasteiger partial charge is 0.490 e. The highest BCUT2D eigenvalue weighted by molar-refractivity contribution is 7.80. The van der Waals surface area contributed by atoms with Crippen molar-refractivity contribution in [1.82, 2.24) is 10.2 Å². The van der Waals surface area contributed by atoms with Crippen LogP contribution in [0.4, 0.5) is 0 Å². The van der Waals surface area contributed by atoms with Crippen LogP contribution in [0.5, 0.6) is 0 Å². The lowest BCUT2D eigenvalue weighted by Crippen LogP contribution is -2.56. The van der Waals surface area contributed by atoms with Gasteiger partial charge in [-0.1, -0.05) is 0 Å². The molecule has 0 spiro atoms. The van der Waals surface area contributed by atoms with E-state index in [1.165, 1.54) is 4.90 Å². The van der Waals surface area contributed by atoms with Crippen molar-refractivity contribution in [3.63, 3.8) is 0 Å². The predicted molar refractivity (Wildman–Crippen MR) is 92.6 cm³/mol. The van der Waals surface area contributed by atoms with Crippen molar-refractivity contribution in [2.75, 3.05) is 13.2 Å². The lowest BCUT2D eigenvalue weighted by atomic mass is 10.1. The highest BCUT2D eigenvalue weighted by Gasteiger charge is 2.48. The molecule has 6 atom stereocenters. The first kappa shape index (κ1) is 24.9. The van der Waals surface area contributed by atoms with E-state index in [1.54, 1.807) is 0 Å². The third-order valence-electron chi connectivity index (χ3n) is 3.55. The summed E-state index contributed by atoms with van der Waals surface area (Å²) in [6.45, 7) is -0.896. The topological polar surface area (TPSA) is 242 Å². The Balaban J connectivity index is 1.97. The zero-order valence-corrected chi connectivity index (χ0v) is 17.6. The van der Waals surface area contributed by atoms with Crippen LogP contribution in [0.15, 0.2) is 0 Å². The fraction of sp³-hybridized carbons (Fsp3) is 0.778. The van der Waals surface area contributed by atoms with Crippen LogP contribution in [0.3, 0.4) is 0 Å². The van der Waals surface area contributed by atoms with E-state index in [0.717, 1.165) is 0 Å². The van der Waals surface area contributed by atoms with E-state index in [9.17, 15) is 33.6 Å². The summed E-state index contributed by atoms with van der Waals surface area (Å²) in [5.41, 5.74) is 0. The fourth-order valence-corrected chi connectivity index (χ4v) is 5.75. The minimum absolute atomic E-state index is 0.0228. The van der Waals surface area contributed by atoms with Crippen LogP contribution >= 0.6 is 35.7 Å². The number of nitrogens with one attached hydrogen (secondary N) is 1. The van der Waals surface area contributed by atoms with Gasteiger partial charge in [0, 0.05) is 13.0 Å². The number of amides is 1. The van der Waals surface area contributed by atoms with E-state index >= 15 is 0 Å². The van der Waals surface area contributed by atoms with E-state index in [2.05, 4.69) is 18.5 Å². The van der Waals surface area contributed by atoms with Gasteiger partial charge in [-0.2, -0.15) is 8.62 Å². The molecule has 0 aromatic heterocycles. The number of hydrogen-bond donors (Lipinski definition) is 7. The Hall–Kier alpha value is -0.350. The maximum atomic E-state index is 11.7. The van der Waals surface area contributed by atoms with Crippen molar-refractivity contribution in [3.05, 3.63) is 0 Å². The van der Waals surface area contributed by atoms with E-state index in [4.69, 9.17) is 31.6 Å². The van der Waals surface area contributed by atoms with E-state index in [0.29, 0.717) is 0 Å². The van der Waals surface area contributed by atoms with Gasteiger partial charge in [-0.05, 0) is 12.2 Å². The Labute approximate surface area is 167 Å². The van der Waals surface area contributed by atoms with Gasteiger partial charge in [0.2, 0.25) is 5.91 Å². The van der Waals surface area contributed by atoms with E-state index in [-0.39, 0.29) is 24.0 Å². The molecule has 29 heavy (non-hydrogen) atoms. The predicted octanol–water partition coefficient (Wildman–Crippen LogP) is -2.12. The Bertz CT molecular complexity index is 803. The normalized spacial score (nSPS) is 32.6. The molecule has 0 aliphatic carbocycles. The summed E-state index contributed by atoms with van der Waals surface area (Å²) in [5.74, 6) is -0.358. The van der Waals surface area contributed by atoms with Crippen LogP contribution in [0.25, 0.3) is 0 Å². The van der Waals surface area contributed by atoms with E-state index < -0.39 is 54.6 Å². The van der Waals surface area contributed by atoms with Gasteiger partial charge in [0.15, 0.2) is 11.3 Å². The minimum Gasteiger partial charge on any atom is -0.387 e. The first-order valence-electron chi connectivity index (χ1n) is 7.51. The Morgan fingerprint density at radius 2 is 1.72 bits per heavy atom. The molecule has 0 aromatic carbocycles. The molecule has 2 fully saturated rings. The maximum absolute atomic E-state index is 11.7. The smallest absolute Gasteiger partial charge is 0.387 e. The number of carbonyl (C=O) groups excluding carboxylic acids is 1. The van der Waals surface area contributed by atoms with Crippen LogP contribution < -0.4 is 5.32 Å². The molecule has 7 N–H and O–H groups in total. The molecule has 2 heterocycles. The molecule has 0 saturated carbocycles. The third-order valence-corrected chi connectivity index (χ3v) is 7.69. The van der Waals surface area contributed by atoms with Gasteiger partial charge >= 0.3 is 23.5 Å². The van der Waals surface area contributed by atoms with Crippen molar-refractivity contribution < 1.29 is 66.2 Å². The van der Waals surface area contributed by atoms with Gasteiger partial charge in [-0.3, -0.25) is 9.32 Å². The third kappa shape index (κ3) is 7.09. The van der Waals surface area contributed by atoms with Crippen molar-refractivity contribution in [2.45, 2.75) is 31.0 Å². The highest BCUT2D eigenvalue weighted by Crippen LogP contribution is 2.66. The molecule has 2 unspecified atom stereocenters. The molecule has 2 saturated heterocycles. The zero-order valence-electron chi connectivity index (χ0n) is 14.1. The van der Waals surface area contributed by atoms with Gasteiger partial charge in [-0.15, -0.1) is 0 Å². The second kappa shape index (κ2) is 9.02. The van der Waals surface area contributed by atoms with E-state index in [1.807, 2.05) is 0 Å². The molecule has 1 amide bonds. The number of rotatable bonds is 8. The van der Waals surface area contributed by atoms with Gasteiger partial charge < -0.3 is 44.7 Å². The molecular weight excluding hydrogens is 485 g/mol. The molecule has 20 heteroatoms. The second-order valence-electron chi connectivity index (χ2n) is 5.73. The summed E-state index contributed by atoms with van der Waals surface area (Å²) in [4.78, 5) is 47.9. The number of phosphoric ester groups is 1. The van der Waals surface area contributed by atoms with Crippen molar-refractivity contribution in [2.24, 2.45) is 0 Å². The summed E-state index contributed by atoms with van der Waals surface area (Å²) in [7, 11) is -16.7. The number of aliphatic hydroxyl groups excluding tert-OH is 2. The summed E-state index contributed by atoms with van der Waals surface area (Å²) in [5, 5.41) is 22.4. The van der Waals surface area contributed by atoms with Crippen molar-refractivity contribution >= 4 is 46.7 Å². The Morgan fingerprint density at radius 3 is 2.28 bits per heavy atom. The molecule has 0 aromatic rings. The molecule has 0 bridgehead atoms. The first-order valence-corrected chi connectivity index (χ1v) is 12.4. The van der Waals surface area contributed by atoms with Crippen LogP contribution in [0.1, 0.15) is 6.42 Å². The van der Waals surface area contributed by atoms with Gasteiger partial charge in [0.25, 0.3) is 0 Å². The van der Waals surface area contributed by atoms with Crippen molar-refractivity contribution in [3.8, 4) is 0 Å². The average molecular weight is 502 g/mol. The minimum atomic E-state index is -5.69. The zero-order chi connectivity index (χ0) is 22.2. The lowest BCUT2D eigenvalue weighted by molar-refractivity contribution is -0.123. The van der Waals surface area contributed by atoms with Gasteiger partial charge in [0.1, 0.15) is 18.3 Å². The number of ether oxygens (including phenoxy) is 1. The molecule has 16 nitrogen and oxygen atoms in total. The van der Waals surface area contributed by atoms with Crippen molar-refractivity contribution in [1.29, 1.82) is 0 Å². The average Bonchev–Trinajstić information content (AvgIpc) is 2.78. The molecule has 2 rings (SSSR count). The highest BCUT2D eigenvalue weighted by atomic mass is 32.1. The number of nitrogens with zero attached hydrogens (tertiary/aromatic N) is 1. The summed E-state index contributed by atoms with van der Waals surface area (Å²) < 4.78 is 50.3. The van der Waals surface area contributed by atoms with Crippen LogP contribution in [-0.2, 0) is 36.4 Å². The monoisotopic (exact) mass is 502 g/mol. The molecular formula is C9H17N2O14P3S. The second-order valence-corrected chi connectivity index (χ2v) is 10.5. The van der Waals surface area contributed by atoms with Crippen LogP contribution in [0.2, 0.25) is 0 Å². The lowest BCUT2D eigenvalue weighted by Gasteiger charge is -2.35. The molecule has 2 aliphatic rings. The SMILES string of the molecule is O=C1CCN([C@@H]2O[C@H](COP(=O)(O)OP(=O)(O)OP(=O)(O)O)[C@@H](O)[C@H]2O)C(=S)N1. The summed E-state index contributed by atoms with van der Waals surface area (Å²) in [6, 6.07) is 0.